The van der Waals surface area contributed by atoms with Crippen LogP contribution >= 0.6 is 31.1 Å². The predicted molar refractivity (Wildman–Crippen MR) is 96.7 cm³/mol. The van der Waals surface area contributed by atoms with Crippen molar-refractivity contribution < 1.29 is 24.7 Å². The topological polar surface area (TPSA) is 101 Å². The van der Waals surface area contributed by atoms with E-state index < -0.39 is 19.5 Å². The van der Waals surface area contributed by atoms with Crippen molar-refractivity contribution in [3.05, 3.63) is 69.7 Å². The van der Waals surface area contributed by atoms with Gasteiger partial charge >= 0.3 is 7.94 Å². The number of nitrogens with zero attached hydrogens (tertiary/aromatic N) is 1. The van der Waals surface area contributed by atoms with Crippen molar-refractivity contribution in [2.24, 2.45) is 0 Å². The zero-order valence-corrected chi connectivity index (χ0v) is 15.4. The SMILES string of the molecule is O=C(c1ccccc1)N(O)CC[C@@H](c1ccc(Cl)c(Cl)c1)[P+](O)(O)O. The van der Waals surface area contributed by atoms with Crippen LogP contribution in [0.4, 0.5) is 0 Å². The number of amides is 1. The zero-order chi connectivity index (χ0) is 18.6. The van der Waals surface area contributed by atoms with Crippen LogP contribution in [0, 0.1) is 0 Å². The van der Waals surface area contributed by atoms with Gasteiger partial charge in [0.25, 0.3) is 5.91 Å². The molecule has 0 aliphatic rings. The van der Waals surface area contributed by atoms with Crippen LogP contribution in [0.1, 0.15) is 28.0 Å². The van der Waals surface area contributed by atoms with Crippen molar-refractivity contribution in [3.63, 3.8) is 0 Å². The van der Waals surface area contributed by atoms with Crippen LogP contribution in [0.25, 0.3) is 0 Å². The Morgan fingerprint density at radius 1 is 1.04 bits per heavy atom. The van der Waals surface area contributed by atoms with E-state index in [1.165, 1.54) is 18.2 Å². The van der Waals surface area contributed by atoms with Crippen molar-refractivity contribution in [1.82, 2.24) is 5.06 Å². The Morgan fingerprint density at radius 3 is 2.24 bits per heavy atom. The minimum atomic E-state index is -4.29. The van der Waals surface area contributed by atoms with Crippen molar-refractivity contribution in [1.29, 1.82) is 0 Å². The van der Waals surface area contributed by atoms with Crippen LogP contribution in [0.15, 0.2) is 48.5 Å². The molecule has 2 aromatic rings. The highest BCUT2D eigenvalue weighted by Gasteiger charge is 2.44. The maximum absolute atomic E-state index is 12.1. The third-order valence-corrected chi connectivity index (χ3v) is 5.75. The highest BCUT2D eigenvalue weighted by atomic mass is 35.5. The van der Waals surface area contributed by atoms with Gasteiger partial charge < -0.3 is 0 Å². The summed E-state index contributed by atoms with van der Waals surface area (Å²) in [5, 5.41) is 10.9. The molecule has 0 radical (unpaired) electrons. The van der Waals surface area contributed by atoms with Gasteiger partial charge in [-0.1, -0.05) is 47.5 Å². The third-order valence-electron chi connectivity index (χ3n) is 3.62. The normalized spacial score (nSPS) is 12.7. The second-order valence-electron chi connectivity index (χ2n) is 5.39. The van der Waals surface area contributed by atoms with Crippen LogP contribution in [0.5, 0.6) is 0 Å². The van der Waals surface area contributed by atoms with Gasteiger partial charge in [0.2, 0.25) is 0 Å². The molecule has 0 spiro atoms. The van der Waals surface area contributed by atoms with Gasteiger partial charge in [-0.15, -0.1) is 0 Å². The predicted octanol–water partition coefficient (Wildman–Crippen LogP) is 3.70. The molecule has 2 aromatic carbocycles. The highest BCUT2D eigenvalue weighted by Crippen LogP contribution is 2.61. The monoisotopic (exact) mass is 404 g/mol. The average molecular weight is 405 g/mol. The molecule has 0 aromatic heterocycles. The van der Waals surface area contributed by atoms with Gasteiger partial charge in [-0.05, 0) is 24.3 Å². The van der Waals surface area contributed by atoms with Crippen molar-refractivity contribution in [2.75, 3.05) is 6.54 Å². The molecule has 0 bridgehead atoms. The number of benzene rings is 2. The molecule has 0 heterocycles. The fraction of sp³-hybridized carbons (Fsp3) is 0.188. The summed E-state index contributed by atoms with van der Waals surface area (Å²) in [6.45, 7) is -0.220. The number of carbonyl (C=O) groups excluding carboxylic acids is 1. The lowest BCUT2D eigenvalue weighted by atomic mass is 10.1. The number of halogens is 2. The van der Waals surface area contributed by atoms with E-state index in [2.05, 4.69) is 0 Å². The summed E-state index contributed by atoms with van der Waals surface area (Å²) in [7, 11) is -4.29. The number of hydroxylamine groups is 2. The lowest BCUT2D eigenvalue weighted by Crippen LogP contribution is -2.29. The number of carbonyl (C=O) groups is 1. The van der Waals surface area contributed by atoms with E-state index in [-0.39, 0.29) is 28.6 Å². The van der Waals surface area contributed by atoms with E-state index in [4.69, 9.17) is 23.2 Å². The fourth-order valence-electron chi connectivity index (χ4n) is 2.34. The van der Waals surface area contributed by atoms with Gasteiger partial charge in [0, 0.05) is 17.5 Å². The van der Waals surface area contributed by atoms with E-state index in [9.17, 15) is 24.7 Å². The van der Waals surface area contributed by atoms with Crippen molar-refractivity contribution >= 4 is 37.1 Å². The molecule has 1 atom stereocenters. The van der Waals surface area contributed by atoms with Crippen LogP contribution < -0.4 is 0 Å². The van der Waals surface area contributed by atoms with Gasteiger partial charge in [-0.3, -0.25) is 10.0 Å². The molecule has 25 heavy (non-hydrogen) atoms. The lowest BCUT2D eigenvalue weighted by molar-refractivity contribution is -0.0590. The molecule has 0 unspecified atom stereocenters. The van der Waals surface area contributed by atoms with Crippen LogP contribution in [-0.2, 0) is 0 Å². The number of hydrogen-bond acceptors (Lipinski definition) is 5. The highest BCUT2D eigenvalue weighted by molar-refractivity contribution is 7.59. The van der Waals surface area contributed by atoms with E-state index in [1.807, 2.05) is 0 Å². The molecule has 0 saturated carbocycles. The molecular weight excluding hydrogens is 388 g/mol. The molecule has 1 amide bonds. The zero-order valence-electron chi connectivity index (χ0n) is 13.0. The van der Waals surface area contributed by atoms with Gasteiger partial charge in [0.15, 0.2) is 5.66 Å². The summed E-state index contributed by atoms with van der Waals surface area (Å²) in [4.78, 5) is 41.3. The maximum atomic E-state index is 12.1. The summed E-state index contributed by atoms with van der Waals surface area (Å²) in [6, 6.07) is 12.5. The average Bonchev–Trinajstić information content (AvgIpc) is 2.57. The number of hydrogen-bond donors (Lipinski definition) is 4. The summed E-state index contributed by atoms with van der Waals surface area (Å²) >= 11 is 11.8. The molecule has 2 rings (SSSR count). The number of rotatable bonds is 6. The first-order valence-corrected chi connectivity index (χ1v) is 9.75. The van der Waals surface area contributed by atoms with E-state index >= 15 is 0 Å². The largest absolute Gasteiger partial charge is 0.411 e. The Bertz CT molecular complexity index is 739. The standard InChI is InChI=1S/C16H17Cl2NO5P/c17-13-7-6-12(10-14(13)18)15(25(22,23)24)8-9-19(21)16(20)11-4-2-1-3-5-11/h1-7,10,15,21-24H,8-9H2/q+1/t15-/m0/s1. The molecule has 4 N–H and O–H groups in total. The first-order valence-electron chi connectivity index (χ1n) is 7.28. The quantitative estimate of drug-likeness (QED) is 0.334. The second kappa shape index (κ2) is 8.43. The van der Waals surface area contributed by atoms with Gasteiger partial charge in [0.05, 0.1) is 16.6 Å². The van der Waals surface area contributed by atoms with Crippen molar-refractivity contribution in [2.45, 2.75) is 12.1 Å². The Hall–Kier alpha value is -1.24. The minimum Gasteiger partial charge on any atom is -0.286 e. The van der Waals surface area contributed by atoms with Crippen LogP contribution in [0.3, 0.4) is 0 Å². The molecule has 0 aliphatic heterocycles. The molecular formula is C16H17Cl2NO5P+. The lowest BCUT2D eigenvalue weighted by Gasteiger charge is -2.21. The summed E-state index contributed by atoms with van der Waals surface area (Å²) in [5.74, 6) is -0.633. The van der Waals surface area contributed by atoms with Gasteiger partial charge in [0.1, 0.15) is 0 Å². The maximum Gasteiger partial charge on any atom is 0.411 e. The summed E-state index contributed by atoms with van der Waals surface area (Å²) < 4.78 is 0. The summed E-state index contributed by atoms with van der Waals surface area (Å²) in [5.41, 5.74) is -0.481. The third kappa shape index (κ3) is 5.36. The Balaban J connectivity index is 2.13. The van der Waals surface area contributed by atoms with Crippen LogP contribution in [-0.4, -0.2) is 37.4 Å². The van der Waals surface area contributed by atoms with Gasteiger partial charge in [-0.2, -0.15) is 14.7 Å². The van der Waals surface area contributed by atoms with Crippen molar-refractivity contribution in [3.8, 4) is 0 Å². The van der Waals surface area contributed by atoms with E-state index in [1.54, 1.807) is 30.3 Å². The Morgan fingerprint density at radius 2 is 1.68 bits per heavy atom. The van der Waals surface area contributed by atoms with Gasteiger partial charge in [-0.25, -0.2) is 5.06 Å². The first kappa shape index (κ1) is 20.1. The molecule has 6 nitrogen and oxygen atoms in total. The van der Waals surface area contributed by atoms with Crippen LogP contribution in [0.2, 0.25) is 10.0 Å². The Kier molecular flexibility index (Phi) is 6.77. The molecule has 0 aliphatic carbocycles. The Labute approximate surface area is 155 Å². The molecule has 9 heteroatoms. The fourth-order valence-corrected chi connectivity index (χ4v) is 3.66. The first-order chi connectivity index (χ1) is 11.7. The molecule has 0 fully saturated rings. The smallest absolute Gasteiger partial charge is 0.286 e. The molecule has 0 saturated heterocycles. The summed E-state index contributed by atoms with van der Waals surface area (Å²) in [6.07, 6.45) is -0.0929. The molecule has 134 valence electrons. The second-order valence-corrected chi connectivity index (χ2v) is 8.05. The minimum absolute atomic E-state index is 0.0929. The van der Waals surface area contributed by atoms with E-state index in [0.29, 0.717) is 10.6 Å². The van der Waals surface area contributed by atoms with E-state index in [0.717, 1.165) is 0 Å².